The van der Waals surface area contributed by atoms with Gasteiger partial charge in [0.15, 0.2) is 0 Å². The predicted octanol–water partition coefficient (Wildman–Crippen LogP) is 2.08. The maximum Gasteiger partial charge on any atom is 0.224 e. The molecule has 0 amide bonds. The molecule has 1 fully saturated rings. The molecular weight excluding hydrogens is 240 g/mol. The zero-order valence-corrected chi connectivity index (χ0v) is 12.1. The van der Waals surface area contributed by atoms with Crippen LogP contribution in [0.1, 0.15) is 25.5 Å². The van der Waals surface area contributed by atoms with Gasteiger partial charge >= 0.3 is 0 Å². The van der Waals surface area contributed by atoms with Crippen LogP contribution in [0.3, 0.4) is 0 Å². The lowest BCUT2D eigenvalue weighted by atomic mass is 9.99. The van der Waals surface area contributed by atoms with Crippen LogP contribution >= 0.6 is 0 Å². The number of aryl methyl sites for hydroxylation is 1. The van der Waals surface area contributed by atoms with Crippen LogP contribution in [-0.4, -0.2) is 43.3 Å². The van der Waals surface area contributed by atoms with E-state index in [4.69, 9.17) is 4.74 Å². The Morgan fingerprint density at radius 2 is 2.11 bits per heavy atom. The standard InChI is InChI=1S/C14H24N4O/c1-11-4-7-18(8-5-11)13-10-12(2)16-14(17-13)15-6-9-19-3/h10-11H,4-9H2,1-3H3,(H,15,16,17). The lowest BCUT2D eigenvalue weighted by molar-refractivity contribution is 0.210. The van der Waals surface area contributed by atoms with Gasteiger partial charge in [0.2, 0.25) is 5.95 Å². The highest BCUT2D eigenvalue weighted by Crippen LogP contribution is 2.22. The van der Waals surface area contributed by atoms with Crippen molar-refractivity contribution >= 4 is 11.8 Å². The van der Waals surface area contributed by atoms with Crippen LogP contribution in [0.5, 0.6) is 0 Å². The van der Waals surface area contributed by atoms with Gasteiger partial charge in [-0.1, -0.05) is 6.92 Å². The third-order valence-corrected chi connectivity index (χ3v) is 3.54. The van der Waals surface area contributed by atoms with Crippen LogP contribution in [0.2, 0.25) is 0 Å². The minimum absolute atomic E-state index is 0.661. The summed E-state index contributed by atoms with van der Waals surface area (Å²) in [7, 11) is 1.69. The van der Waals surface area contributed by atoms with E-state index in [-0.39, 0.29) is 0 Å². The van der Waals surface area contributed by atoms with E-state index in [9.17, 15) is 0 Å². The molecule has 1 N–H and O–H groups in total. The van der Waals surface area contributed by atoms with Crippen molar-refractivity contribution in [3.05, 3.63) is 11.8 Å². The molecule has 0 unspecified atom stereocenters. The number of piperidine rings is 1. The summed E-state index contributed by atoms with van der Waals surface area (Å²) >= 11 is 0. The molecule has 0 spiro atoms. The fourth-order valence-corrected chi connectivity index (χ4v) is 2.30. The summed E-state index contributed by atoms with van der Waals surface area (Å²) in [6, 6.07) is 2.07. The molecule has 5 nitrogen and oxygen atoms in total. The Morgan fingerprint density at radius 1 is 1.37 bits per heavy atom. The van der Waals surface area contributed by atoms with Crippen LogP contribution in [0.25, 0.3) is 0 Å². The van der Waals surface area contributed by atoms with Gasteiger partial charge in [-0.05, 0) is 25.7 Å². The molecule has 0 bridgehead atoms. The second-order valence-electron chi connectivity index (χ2n) is 5.28. The number of nitrogens with one attached hydrogen (secondary N) is 1. The van der Waals surface area contributed by atoms with E-state index in [0.717, 1.165) is 37.1 Å². The van der Waals surface area contributed by atoms with Crippen LogP contribution in [0.15, 0.2) is 6.07 Å². The molecule has 1 aromatic rings. The maximum atomic E-state index is 5.02. The van der Waals surface area contributed by atoms with Crippen molar-refractivity contribution in [2.75, 3.05) is 43.6 Å². The van der Waals surface area contributed by atoms with E-state index in [2.05, 4.69) is 33.2 Å². The number of ether oxygens (including phenoxy) is 1. The third kappa shape index (κ3) is 4.06. The fraction of sp³-hybridized carbons (Fsp3) is 0.714. The summed E-state index contributed by atoms with van der Waals surface area (Å²) in [4.78, 5) is 11.4. The summed E-state index contributed by atoms with van der Waals surface area (Å²) in [5.74, 6) is 2.57. The molecule has 2 rings (SSSR count). The second kappa shape index (κ2) is 6.70. The average molecular weight is 264 g/mol. The SMILES string of the molecule is COCCNc1nc(C)cc(N2CCC(C)CC2)n1. The van der Waals surface area contributed by atoms with Gasteiger partial charge in [-0.15, -0.1) is 0 Å². The van der Waals surface area contributed by atoms with Gasteiger partial charge in [0.25, 0.3) is 0 Å². The van der Waals surface area contributed by atoms with E-state index in [1.807, 2.05) is 6.92 Å². The van der Waals surface area contributed by atoms with Crippen LogP contribution in [-0.2, 0) is 4.74 Å². The van der Waals surface area contributed by atoms with Crippen LogP contribution < -0.4 is 10.2 Å². The summed E-state index contributed by atoms with van der Waals surface area (Å²) in [6.07, 6.45) is 2.49. The Balaban J connectivity index is 2.03. The first-order chi connectivity index (χ1) is 9.19. The molecule has 106 valence electrons. The van der Waals surface area contributed by atoms with E-state index in [1.165, 1.54) is 12.8 Å². The Hall–Kier alpha value is -1.36. The lowest BCUT2D eigenvalue weighted by Crippen LogP contribution is -2.33. The molecule has 2 heterocycles. The highest BCUT2D eigenvalue weighted by atomic mass is 16.5. The third-order valence-electron chi connectivity index (χ3n) is 3.54. The highest BCUT2D eigenvalue weighted by Gasteiger charge is 2.17. The Morgan fingerprint density at radius 3 is 2.79 bits per heavy atom. The quantitative estimate of drug-likeness (QED) is 0.825. The van der Waals surface area contributed by atoms with Gasteiger partial charge in [-0.2, -0.15) is 4.98 Å². The van der Waals surface area contributed by atoms with Gasteiger partial charge in [-0.3, -0.25) is 0 Å². The summed E-state index contributed by atoms with van der Waals surface area (Å²) in [5.41, 5.74) is 1.00. The van der Waals surface area contributed by atoms with E-state index >= 15 is 0 Å². The van der Waals surface area contributed by atoms with Crippen LogP contribution in [0.4, 0.5) is 11.8 Å². The van der Waals surface area contributed by atoms with E-state index < -0.39 is 0 Å². The predicted molar refractivity (Wildman–Crippen MR) is 77.7 cm³/mol. The molecule has 1 aliphatic heterocycles. The first kappa shape index (κ1) is 14.1. The Labute approximate surface area is 115 Å². The number of aromatic nitrogens is 2. The molecule has 0 aromatic carbocycles. The van der Waals surface area contributed by atoms with Gasteiger partial charge in [0.1, 0.15) is 5.82 Å². The van der Waals surface area contributed by atoms with E-state index in [1.54, 1.807) is 7.11 Å². The molecule has 0 radical (unpaired) electrons. The van der Waals surface area contributed by atoms with Crippen molar-refractivity contribution in [2.24, 2.45) is 5.92 Å². The summed E-state index contributed by atoms with van der Waals surface area (Å²) < 4.78 is 5.02. The minimum atomic E-state index is 0.661. The van der Waals surface area contributed by atoms with Gasteiger partial charge in [0.05, 0.1) is 6.61 Å². The zero-order valence-electron chi connectivity index (χ0n) is 12.1. The lowest BCUT2D eigenvalue weighted by Gasteiger charge is -2.31. The largest absolute Gasteiger partial charge is 0.383 e. The number of nitrogens with zero attached hydrogens (tertiary/aromatic N) is 3. The summed E-state index contributed by atoms with van der Waals surface area (Å²) in [5, 5.41) is 3.20. The zero-order chi connectivity index (χ0) is 13.7. The van der Waals surface area contributed by atoms with Gasteiger partial charge in [-0.25, -0.2) is 4.98 Å². The number of rotatable bonds is 5. The topological polar surface area (TPSA) is 50.3 Å². The average Bonchev–Trinajstić information content (AvgIpc) is 2.39. The number of anilines is 2. The smallest absolute Gasteiger partial charge is 0.224 e. The number of hydrogen-bond acceptors (Lipinski definition) is 5. The monoisotopic (exact) mass is 264 g/mol. The fourth-order valence-electron chi connectivity index (χ4n) is 2.30. The van der Waals surface area contributed by atoms with Crippen molar-refractivity contribution in [1.82, 2.24) is 9.97 Å². The summed E-state index contributed by atoms with van der Waals surface area (Å²) in [6.45, 7) is 7.91. The molecule has 1 aliphatic rings. The van der Waals surface area contributed by atoms with Crippen LogP contribution in [0, 0.1) is 12.8 Å². The van der Waals surface area contributed by atoms with Crippen molar-refractivity contribution in [3.63, 3.8) is 0 Å². The molecule has 1 aromatic heterocycles. The van der Waals surface area contributed by atoms with Crippen molar-refractivity contribution in [3.8, 4) is 0 Å². The normalized spacial score (nSPS) is 16.7. The maximum absolute atomic E-state index is 5.02. The first-order valence-electron chi connectivity index (χ1n) is 7.02. The highest BCUT2D eigenvalue weighted by molar-refractivity contribution is 5.45. The Bertz CT molecular complexity index is 402. The molecule has 0 saturated carbocycles. The second-order valence-corrected chi connectivity index (χ2v) is 5.28. The first-order valence-corrected chi connectivity index (χ1v) is 7.02. The Kier molecular flexibility index (Phi) is 4.96. The molecule has 1 saturated heterocycles. The van der Waals surface area contributed by atoms with Gasteiger partial charge < -0.3 is 15.0 Å². The molecule has 5 heteroatoms. The number of methoxy groups -OCH3 is 1. The molecule has 0 atom stereocenters. The number of hydrogen-bond donors (Lipinski definition) is 1. The van der Waals surface area contributed by atoms with Crippen molar-refractivity contribution in [1.29, 1.82) is 0 Å². The minimum Gasteiger partial charge on any atom is -0.383 e. The van der Waals surface area contributed by atoms with E-state index in [0.29, 0.717) is 12.6 Å². The molecule has 0 aliphatic carbocycles. The van der Waals surface area contributed by atoms with Crippen molar-refractivity contribution in [2.45, 2.75) is 26.7 Å². The van der Waals surface area contributed by atoms with Crippen molar-refractivity contribution < 1.29 is 4.74 Å². The molecule has 19 heavy (non-hydrogen) atoms. The molecular formula is C14H24N4O. The van der Waals surface area contributed by atoms with Gasteiger partial charge in [0, 0.05) is 38.5 Å².